The lowest BCUT2D eigenvalue weighted by atomic mass is 10.5. The normalized spacial score (nSPS) is 11.8. The number of aromatic nitrogens is 3. The van der Waals surface area contributed by atoms with Gasteiger partial charge in [0.25, 0.3) is 10.1 Å². The number of aryl methyl sites for hydroxylation is 1. The Bertz CT molecular complexity index is 332. The van der Waals surface area contributed by atoms with E-state index in [9.17, 15) is 8.42 Å². The van der Waals surface area contributed by atoms with Crippen LogP contribution >= 0.6 is 0 Å². The summed E-state index contributed by atoms with van der Waals surface area (Å²) in [6.07, 6.45) is 4.62. The molecule has 13 heavy (non-hydrogen) atoms. The fourth-order valence-corrected chi connectivity index (χ4v) is 1.21. The number of rotatable bonds is 5. The molecule has 0 aliphatic carbocycles. The van der Waals surface area contributed by atoms with Crippen molar-refractivity contribution in [1.29, 1.82) is 0 Å². The molecule has 74 valence electrons. The van der Waals surface area contributed by atoms with Crippen LogP contribution in [-0.2, 0) is 20.8 Å². The largest absolute Gasteiger partial charge is 0.270 e. The van der Waals surface area contributed by atoms with Crippen molar-refractivity contribution in [2.24, 2.45) is 0 Å². The molecule has 0 radical (unpaired) electrons. The van der Waals surface area contributed by atoms with Crippen molar-refractivity contribution < 1.29 is 12.6 Å². The standard InChI is InChI=1S/C6H11N3O3S/c1-13(10,11)12-4-2-3-9-6-7-5-8-9/h5-6H,2-4H2,1H3. The molecule has 0 spiro atoms. The zero-order chi connectivity index (χ0) is 9.73. The lowest BCUT2D eigenvalue weighted by Crippen LogP contribution is -2.07. The summed E-state index contributed by atoms with van der Waals surface area (Å²) in [6.45, 7) is 0.786. The van der Waals surface area contributed by atoms with E-state index in [0.717, 1.165) is 6.26 Å². The van der Waals surface area contributed by atoms with E-state index < -0.39 is 10.1 Å². The van der Waals surface area contributed by atoms with Gasteiger partial charge in [0.05, 0.1) is 12.9 Å². The molecule has 6 nitrogen and oxygen atoms in total. The van der Waals surface area contributed by atoms with E-state index in [-0.39, 0.29) is 6.61 Å². The Hall–Kier alpha value is -0.950. The predicted molar refractivity (Wildman–Crippen MR) is 45.4 cm³/mol. The van der Waals surface area contributed by atoms with E-state index in [2.05, 4.69) is 14.3 Å². The van der Waals surface area contributed by atoms with Gasteiger partial charge in [0, 0.05) is 6.54 Å². The van der Waals surface area contributed by atoms with Crippen molar-refractivity contribution in [2.75, 3.05) is 12.9 Å². The van der Waals surface area contributed by atoms with Crippen LogP contribution in [0, 0.1) is 0 Å². The first-order valence-corrected chi connectivity index (χ1v) is 5.56. The molecule has 0 amide bonds. The minimum absolute atomic E-state index is 0.179. The third kappa shape index (κ3) is 4.58. The Labute approximate surface area is 76.7 Å². The van der Waals surface area contributed by atoms with E-state index in [0.29, 0.717) is 13.0 Å². The molecule has 0 saturated heterocycles. The summed E-state index contributed by atoms with van der Waals surface area (Å²) in [6, 6.07) is 0. The highest BCUT2D eigenvalue weighted by atomic mass is 32.2. The summed E-state index contributed by atoms with van der Waals surface area (Å²) in [5.41, 5.74) is 0. The highest BCUT2D eigenvalue weighted by molar-refractivity contribution is 7.85. The number of hydrogen-bond acceptors (Lipinski definition) is 5. The molecule has 1 aromatic rings. The molecular weight excluding hydrogens is 194 g/mol. The Morgan fingerprint density at radius 3 is 2.85 bits per heavy atom. The van der Waals surface area contributed by atoms with Crippen molar-refractivity contribution in [3.05, 3.63) is 12.7 Å². The maximum absolute atomic E-state index is 10.5. The molecular formula is C6H11N3O3S. The fourth-order valence-electron chi connectivity index (χ4n) is 0.785. The summed E-state index contributed by atoms with van der Waals surface area (Å²) in [5.74, 6) is 0. The van der Waals surface area contributed by atoms with Crippen LogP contribution in [0.4, 0.5) is 0 Å². The summed E-state index contributed by atoms with van der Waals surface area (Å²) >= 11 is 0. The van der Waals surface area contributed by atoms with Gasteiger partial charge in [-0.1, -0.05) is 0 Å². The summed E-state index contributed by atoms with van der Waals surface area (Å²) in [4.78, 5) is 3.74. The molecule has 0 unspecified atom stereocenters. The lowest BCUT2D eigenvalue weighted by Gasteiger charge is -2.00. The third-order valence-corrected chi connectivity index (χ3v) is 1.89. The quantitative estimate of drug-likeness (QED) is 0.485. The molecule has 1 aromatic heterocycles. The smallest absolute Gasteiger partial charge is 0.264 e. The van der Waals surface area contributed by atoms with Gasteiger partial charge < -0.3 is 0 Å². The van der Waals surface area contributed by atoms with Gasteiger partial charge in [0.2, 0.25) is 0 Å². The molecule has 0 fully saturated rings. The first-order valence-electron chi connectivity index (χ1n) is 3.75. The van der Waals surface area contributed by atoms with Crippen molar-refractivity contribution in [3.8, 4) is 0 Å². The molecule has 7 heteroatoms. The number of nitrogens with zero attached hydrogens (tertiary/aromatic N) is 3. The maximum atomic E-state index is 10.5. The van der Waals surface area contributed by atoms with Crippen LogP contribution < -0.4 is 0 Å². The zero-order valence-corrected chi connectivity index (χ0v) is 8.07. The number of hydrogen-bond donors (Lipinski definition) is 0. The summed E-state index contributed by atoms with van der Waals surface area (Å²) in [7, 11) is -3.31. The molecule has 0 saturated carbocycles. The van der Waals surface area contributed by atoms with Gasteiger partial charge in [-0.05, 0) is 6.42 Å². The van der Waals surface area contributed by atoms with Crippen LogP contribution in [0.2, 0.25) is 0 Å². The SMILES string of the molecule is CS(=O)(=O)OCCCn1cncn1. The fraction of sp³-hybridized carbons (Fsp3) is 0.667. The van der Waals surface area contributed by atoms with Crippen molar-refractivity contribution in [1.82, 2.24) is 14.8 Å². The van der Waals surface area contributed by atoms with Crippen molar-refractivity contribution in [2.45, 2.75) is 13.0 Å². The van der Waals surface area contributed by atoms with Gasteiger partial charge in [0.15, 0.2) is 0 Å². The molecule has 0 aliphatic rings. The Morgan fingerprint density at radius 2 is 2.31 bits per heavy atom. The minimum atomic E-state index is -3.31. The van der Waals surface area contributed by atoms with E-state index in [4.69, 9.17) is 0 Å². The molecule has 0 aromatic carbocycles. The predicted octanol–water partition coefficient (Wildman–Crippen LogP) is -0.356. The van der Waals surface area contributed by atoms with Crippen LogP contribution in [0.1, 0.15) is 6.42 Å². The van der Waals surface area contributed by atoms with E-state index >= 15 is 0 Å². The summed E-state index contributed by atoms with van der Waals surface area (Å²) in [5, 5.41) is 3.85. The second-order valence-electron chi connectivity index (χ2n) is 2.54. The van der Waals surface area contributed by atoms with Crippen molar-refractivity contribution in [3.63, 3.8) is 0 Å². The van der Waals surface area contributed by atoms with Crippen LogP contribution in [0.25, 0.3) is 0 Å². The molecule has 0 aliphatic heterocycles. The van der Waals surface area contributed by atoms with Gasteiger partial charge in [-0.3, -0.25) is 8.86 Å². The second kappa shape index (κ2) is 4.33. The first kappa shape index (κ1) is 10.1. The summed E-state index contributed by atoms with van der Waals surface area (Å²) < 4.78 is 27.2. The second-order valence-corrected chi connectivity index (χ2v) is 4.18. The third-order valence-electron chi connectivity index (χ3n) is 1.30. The Kier molecular flexibility index (Phi) is 3.38. The van der Waals surface area contributed by atoms with Gasteiger partial charge >= 0.3 is 0 Å². The first-order chi connectivity index (χ1) is 6.08. The molecule has 0 atom stereocenters. The highest BCUT2D eigenvalue weighted by Crippen LogP contribution is 1.92. The van der Waals surface area contributed by atoms with Crippen LogP contribution in [0.3, 0.4) is 0 Å². The monoisotopic (exact) mass is 205 g/mol. The topological polar surface area (TPSA) is 74.1 Å². The van der Waals surface area contributed by atoms with Crippen LogP contribution in [0.15, 0.2) is 12.7 Å². The Morgan fingerprint density at radius 1 is 1.54 bits per heavy atom. The molecule has 1 rings (SSSR count). The Balaban J connectivity index is 2.16. The molecule has 0 bridgehead atoms. The van der Waals surface area contributed by atoms with Crippen LogP contribution in [0.5, 0.6) is 0 Å². The maximum Gasteiger partial charge on any atom is 0.264 e. The van der Waals surface area contributed by atoms with Gasteiger partial charge in [-0.2, -0.15) is 13.5 Å². The molecule has 0 N–H and O–H groups in total. The average Bonchev–Trinajstić information content (AvgIpc) is 2.48. The molecule has 1 heterocycles. The van der Waals surface area contributed by atoms with Gasteiger partial charge in [-0.15, -0.1) is 0 Å². The van der Waals surface area contributed by atoms with Gasteiger partial charge in [0.1, 0.15) is 12.7 Å². The van der Waals surface area contributed by atoms with E-state index in [1.165, 1.54) is 6.33 Å². The lowest BCUT2D eigenvalue weighted by molar-refractivity contribution is 0.304. The minimum Gasteiger partial charge on any atom is -0.270 e. The highest BCUT2D eigenvalue weighted by Gasteiger charge is 2.00. The van der Waals surface area contributed by atoms with E-state index in [1.54, 1.807) is 11.0 Å². The van der Waals surface area contributed by atoms with Crippen molar-refractivity contribution >= 4 is 10.1 Å². The van der Waals surface area contributed by atoms with Gasteiger partial charge in [-0.25, -0.2) is 4.98 Å². The van der Waals surface area contributed by atoms with Crippen LogP contribution in [-0.4, -0.2) is 36.0 Å². The van der Waals surface area contributed by atoms with E-state index in [1.807, 2.05) is 0 Å². The average molecular weight is 205 g/mol. The zero-order valence-electron chi connectivity index (χ0n) is 7.25.